The fourth-order valence-corrected chi connectivity index (χ4v) is 4.67. The zero-order chi connectivity index (χ0) is 15.4. The molecule has 5 atom stereocenters. The van der Waals surface area contributed by atoms with E-state index in [1.807, 2.05) is 13.8 Å². The zero-order valence-electron chi connectivity index (χ0n) is 13.3. The summed E-state index contributed by atoms with van der Waals surface area (Å²) >= 11 is 0. The van der Waals surface area contributed by atoms with Crippen LogP contribution >= 0.6 is 0 Å². The maximum absolute atomic E-state index is 12.4. The van der Waals surface area contributed by atoms with Crippen molar-refractivity contribution >= 4 is 11.9 Å². The van der Waals surface area contributed by atoms with Crippen molar-refractivity contribution in [3.63, 3.8) is 0 Å². The Balaban J connectivity index is 1.61. The fraction of sp³-hybridized carbons (Fsp3) is 0.882. The molecule has 4 nitrogen and oxygen atoms in total. The Kier molecular flexibility index (Phi) is 3.53. The number of rotatable bonds is 3. The molecule has 0 aromatic rings. The van der Waals surface area contributed by atoms with Gasteiger partial charge in [0, 0.05) is 12.0 Å². The van der Waals surface area contributed by atoms with Crippen molar-refractivity contribution in [3.8, 4) is 0 Å². The zero-order valence-corrected chi connectivity index (χ0v) is 13.3. The van der Waals surface area contributed by atoms with Crippen LogP contribution in [0.2, 0.25) is 0 Å². The summed E-state index contributed by atoms with van der Waals surface area (Å²) in [5.74, 6) is 1.24. The summed E-state index contributed by atoms with van der Waals surface area (Å²) in [4.78, 5) is 23.8. The molecule has 21 heavy (non-hydrogen) atoms. The second-order valence-electron chi connectivity index (χ2n) is 8.12. The number of carbonyl (C=O) groups excluding carboxylic acids is 1. The topological polar surface area (TPSA) is 66.4 Å². The molecule has 0 aliphatic heterocycles. The lowest BCUT2D eigenvalue weighted by molar-refractivity contribution is -0.150. The minimum Gasteiger partial charge on any atom is -0.481 e. The highest BCUT2D eigenvalue weighted by Crippen LogP contribution is 2.54. The van der Waals surface area contributed by atoms with Crippen LogP contribution in [0, 0.1) is 35.0 Å². The van der Waals surface area contributed by atoms with Crippen molar-refractivity contribution in [2.45, 2.75) is 58.9 Å². The van der Waals surface area contributed by atoms with Crippen LogP contribution in [-0.2, 0) is 9.59 Å². The van der Waals surface area contributed by atoms with Gasteiger partial charge in [0.1, 0.15) is 0 Å². The highest BCUT2D eigenvalue weighted by Gasteiger charge is 2.50. The quantitative estimate of drug-likeness (QED) is 0.840. The summed E-state index contributed by atoms with van der Waals surface area (Å²) in [5.41, 5.74) is -0.278. The third kappa shape index (κ3) is 2.58. The summed E-state index contributed by atoms with van der Waals surface area (Å²) in [6, 6.07) is 0.125. The lowest BCUT2D eigenvalue weighted by Gasteiger charge is -2.46. The average molecular weight is 293 g/mol. The van der Waals surface area contributed by atoms with E-state index in [1.165, 1.54) is 6.42 Å². The smallest absolute Gasteiger partial charge is 0.307 e. The molecule has 2 N–H and O–H groups in total. The third-order valence-electron chi connectivity index (χ3n) is 6.68. The van der Waals surface area contributed by atoms with Gasteiger partial charge in [0.2, 0.25) is 5.91 Å². The second-order valence-corrected chi connectivity index (χ2v) is 8.12. The lowest BCUT2D eigenvalue weighted by Crippen LogP contribution is -2.53. The van der Waals surface area contributed by atoms with Crippen LogP contribution < -0.4 is 5.32 Å². The summed E-state index contributed by atoms with van der Waals surface area (Å²) in [6.07, 6.45) is 4.91. The van der Waals surface area contributed by atoms with E-state index in [4.69, 9.17) is 0 Å². The Morgan fingerprint density at radius 3 is 2.29 bits per heavy atom. The standard InChI is InChI=1S/C17H27NO3/c1-9-14(5-4-13(16(20)21)17(9,2)3)18-15(19)12-7-10-6-11(10)8-12/h9-14H,4-8H2,1-3H3,(H,18,19)(H,20,21). The highest BCUT2D eigenvalue weighted by molar-refractivity contribution is 5.79. The van der Waals surface area contributed by atoms with Crippen molar-refractivity contribution < 1.29 is 14.7 Å². The molecule has 3 saturated carbocycles. The van der Waals surface area contributed by atoms with Crippen LogP contribution in [0.3, 0.4) is 0 Å². The summed E-state index contributed by atoms with van der Waals surface area (Å²) in [5, 5.41) is 12.6. The second kappa shape index (κ2) is 4.99. The number of fused-ring (bicyclic) bond motifs is 1. The maximum atomic E-state index is 12.4. The molecule has 3 aliphatic carbocycles. The van der Waals surface area contributed by atoms with E-state index >= 15 is 0 Å². The molecule has 118 valence electrons. The number of hydrogen-bond acceptors (Lipinski definition) is 2. The van der Waals surface area contributed by atoms with Gasteiger partial charge in [-0.15, -0.1) is 0 Å². The normalized spacial score (nSPS) is 44.0. The predicted octanol–water partition coefficient (Wildman–Crippen LogP) is 2.67. The largest absolute Gasteiger partial charge is 0.481 e. The molecular formula is C17H27NO3. The molecule has 3 aliphatic rings. The van der Waals surface area contributed by atoms with E-state index in [0.717, 1.165) is 31.1 Å². The Bertz CT molecular complexity index is 449. The first-order valence-corrected chi connectivity index (χ1v) is 8.34. The third-order valence-corrected chi connectivity index (χ3v) is 6.68. The molecular weight excluding hydrogens is 266 g/mol. The molecule has 0 spiro atoms. The number of carboxylic acid groups (broad SMARTS) is 1. The Labute approximate surface area is 126 Å². The minimum absolute atomic E-state index is 0.125. The van der Waals surface area contributed by atoms with Gasteiger partial charge in [-0.05, 0) is 55.3 Å². The van der Waals surface area contributed by atoms with E-state index < -0.39 is 5.97 Å². The van der Waals surface area contributed by atoms with Gasteiger partial charge in [0.25, 0.3) is 0 Å². The first kappa shape index (κ1) is 14.9. The summed E-state index contributed by atoms with van der Waals surface area (Å²) in [6.45, 7) is 6.14. The molecule has 0 radical (unpaired) electrons. The number of carbonyl (C=O) groups is 2. The molecule has 0 heterocycles. The number of hydrogen-bond donors (Lipinski definition) is 2. The first-order chi connectivity index (χ1) is 9.80. The summed E-state index contributed by atoms with van der Waals surface area (Å²) in [7, 11) is 0. The van der Waals surface area contributed by atoms with Gasteiger partial charge in [-0.25, -0.2) is 0 Å². The molecule has 3 rings (SSSR count). The van der Waals surface area contributed by atoms with Gasteiger partial charge < -0.3 is 10.4 Å². The van der Waals surface area contributed by atoms with Gasteiger partial charge >= 0.3 is 5.97 Å². The van der Waals surface area contributed by atoms with E-state index in [0.29, 0.717) is 6.42 Å². The number of aliphatic carboxylic acids is 1. The lowest BCUT2D eigenvalue weighted by atomic mass is 9.61. The average Bonchev–Trinajstić information content (AvgIpc) is 3.01. The first-order valence-electron chi connectivity index (χ1n) is 8.34. The van der Waals surface area contributed by atoms with Crippen molar-refractivity contribution in [1.82, 2.24) is 5.32 Å². The SMILES string of the molecule is CC1C(NC(=O)C2CC3CC3C2)CCC(C(=O)O)C1(C)C. The van der Waals surface area contributed by atoms with E-state index in [9.17, 15) is 14.7 Å². The van der Waals surface area contributed by atoms with Crippen molar-refractivity contribution in [2.75, 3.05) is 0 Å². The van der Waals surface area contributed by atoms with Crippen molar-refractivity contribution in [1.29, 1.82) is 0 Å². The molecule has 4 heteroatoms. The van der Waals surface area contributed by atoms with Crippen molar-refractivity contribution in [3.05, 3.63) is 0 Å². The summed E-state index contributed by atoms with van der Waals surface area (Å²) < 4.78 is 0. The molecule has 0 aromatic heterocycles. The van der Waals surface area contributed by atoms with Crippen LogP contribution in [-0.4, -0.2) is 23.0 Å². The van der Waals surface area contributed by atoms with Crippen LogP contribution in [0.5, 0.6) is 0 Å². The van der Waals surface area contributed by atoms with E-state index in [-0.39, 0.29) is 35.1 Å². The van der Waals surface area contributed by atoms with Crippen molar-refractivity contribution in [2.24, 2.45) is 35.0 Å². The Hall–Kier alpha value is -1.06. The molecule has 0 aromatic carbocycles. The molecule has 3 fully saturated rings. The van der Waals surface area contributed by atoms with E-state index in [1.54, 1.807) is 0 Å². The van der Waals surface area contributed by atoms with Gasteiger partial charge in [0.05, 0.1) is 5.92 Å². The fourth-order valence-electron chi connectivity index (χ4n) is 4.67. The molecule has 0 saturated heterocycles. The van der Waals surface area contributed by atoms with Gasteiger partial charge in [-0.2, -0.15) is 0 Å². The monoisotopic (exact) mass is 293 g/mol. The van der Waals surface area contributed by atoms with Crippen LogP contribution in [0.4, 0.5) is 0 Å². The maximum Gasteiger partial charge on any atom is 0.307 e. The van der Waals surface area contributed by atoms with Gasteiger partial charge in [0.15, 0.2) is 0 Å². The number of amides is 1. The van der Waals surface area contributed by atoms with Gasteiger partial charge in [-0.1, -0.05) is 20.8 Å². The van der Waals surface area contributed by atoms with E-state index in [2.05, 4.69) is 12.2 Å². The Morgan fingerprint density at radius 2 is 1.71 bits per heavy atom. The Morgan fingerprint density at radius 1 is 1.10 bits per heavy atom. The molecule has 1 amide bonds. The number of nitrogens with one attached hydrogen (secondary N) is 1. The van der Waals surface area contributed by atoms with Crippen LogP contribution in [0.1, 0.15) is 52.9 Å². The highest BCUT2D eigenvalue weighted by atomic mass is 16.4. The van der Waals surface area contributed by atoms with Crippen LogP contribution in [0.15, 0.2) is 0 Å². The number of carboxylic acids is 1. The van der Waals surface area contributed by atoms with Gasteiger partial charge in [-0.3, -0.25) is 9.59 Å². The molecule has 0 bridgehead atoms. The minimum atomic E-state index is -0.701. The van der Waals surface area contributed by atoms with Crippen LogP contribution in [0.25, 0.3) is 0 Å². The predicted molar refractivity (Wildman–Crippen MR) is 79.6 cm³/mol. The molecule has 5 unspecified atom stereocenters.